The number of methoxy groups -OCH3 is 1. The average Bonchev–Trinajstić information content (AvgIpc) is 2.65. The van der Waals surface area contributed by atoms with E-state index in [4.69, 9.17) is 32.7 Å². The Bertz CT molecular complexity index is 953. The van der Waals surface area contributed by atoms with Crippen molar-refractivity contribution in [1.29, 1.82) is 0 Å². The van der Waals surface area contributed by atoms with Gasteiger partial charge in [0.2, 0.25) is 0 Å². The molecule has 2 rings (SSSR count). The highest BCUT2D eigenvalue weighted by atomic mass is 35.5. The Morgan fingerprint density at radius 3 is 2.29 bits per heavy atom. The van der Waals surface area contributed by atoms with Crippen molar-refractivity contribution in [2.75, 3.05) is 7.11 Å². The summed E-state index contributed by atoms with van der Waals surface area (Å²) in [6.45, 7) is 0.0460. The maximum Gasteiger partial charge on any atom is 0.462 e. The molecule has 31 heavy (non-hydrogen) atoms. The monoisotopic (exact) mass is 492 g/mol. The molecular formula is C18H13Cl2F7N2O2. The first-order valence-corrected chi connectivity index (χ1v) is 8.91. The number of ether oxygens (including phenoxy) is 2. The summed E-state index contributed by atoms with van der Waals surface area (Å²) in [7, 11) is 1.25. The summed E-state index contributed by atoms with van der Waals surface area (Å²) in [5.74, 6) is -6.24. The molecule has 0 heterocycles. The number of nitrogens with zero attached hydrogens (tertiary/aromatic N) is 1. The van der Waals surface area contributed by atoms with Crippen molar-refractivity contribution in [1.82, 2.24) is 5.43 Å². The summed E-state index contributed by atoms with van der Waals surface area (Å²) in [4.78, 5) is 0. The van der Waals surface area contributed by atoms with Crippen LogP contribution in [-0.2, 0) is 6.61 Å². The number of hydrogen-bond acceptors (Lipinski definition) is 4. The van der Waals surface area contributed by atoms with Crippen LogP contribution >= 0.6 is 23.2 Å². The van der Waals surface area contributed by atoms with E-state index >= 15 is 0 Å². The lowest BCUT2D eigenvalue weighted by molar-refractivity contribution is -0.361. The van der Waals surface area contributed by atoms with Crippen LogP contribution in [0.1, 0.15) is 11.1 Å². The Kier molecular flexibility index (Phi) is 7.53. The number of halogens is 9. The normalized spacial score (nSPS) is 12.8. The molecule has 1 N–H and O–H groups in total. The van der Waals surface area contributed by atoms with E-state index in [-0.39, 0.29) is 28.7 Å². The first-order chi connectivity index (χ1) is 14.3. The number of hydrazone groups is 1. The van der Waals surface area contributed by atoms with E-state index in [1.54, 1.807) is 24.3 Å². The van der Waals surface area contributed by atoms with Crippen molar-refractivity contribution in [2.24, 2.45) is 5.10 Å². The van der Waals surface area contributed by atoms with Crippen molar-refractivity contribution in [3.05, 3.63) is 57.6 Å². The van der Waals surface area contributed by atoms with Crippen LogP contribution in [0.15, 0.2) is 41.5 Å². The average molecular weight is 493 g/mol. The van der Waals surface area contributed by atoms with E-state index in [1.807, 2.05) is 0 Å². The predicted molar refractivity (Wildman–Crippen MR) is 100 cm³/mol. The molecule has 0 fully saturated rings. The first-order valence-electron chi connectivity index (χ1n) is 8.16. The van der Waals surface area contributed by atoms with Gasteiger partial charge in [-0.25, -0.2) is 5.43 Å². The molecule has 2 aromatic rings. The quantitative estimate of drug-likeness (QED) is 0.203. The molecule has 0 saturated carbocycles. The second kappa shape index (κ2) is 9.39. The topological polar surface area (TPSA) is 42.8 Å². The van der Waals surface area contributed by atoms with Crippen molar-refractivity contribution in [2.45, 2.75) is 24.8 Å². The van der Waals surface area contributed by atoms with Crippen LogP contribution in [0.4, 0.5) is 30.7 Å². The molecular weight excluding hydrogens is 480 g/mol. The first kappa shape index (κ1) is 24.9. The number of benzene rings is 2. The second-order valence-corrected chi connectivity index (χ2v) is 6.81. The van der Waals surface area contributed by atoms with Gasteiger partial charge in [-0.15, -0.1) is 0 Å². The van der Waals surface area contributed by atoms with E-state index in [0.29, 0.717) is 22.2 Å². The Morgan fingerprint density at radius 2 is 1.71 bits per heavy atom. The molecule has 170 valence electrons. The lowest BCUT2D eigenvalue weighted by Crippen LogP contribution is -2.58. The summed E-state index contributed by atoms with van der Waals surface area (Å²) in [6.07, 6.45) is -5.91. The minimum Gasteiger partial charge on any atom is -0.493 e. The van der Waals surface area contributed by atoms with Gasteiger partial charge in [0, 0.05) is 5.02 Å². The van der Waals surface area contributed by atoms with Crippen LogP contribution in [0.25, 0.3) is 0 Å². The van der Waals surface area contributed by atoms with Gasteiger partial charge in [-0.1, -0.05) is 35.3 Å². The standard InChI is InChI=1S/C18H13Cl2F7N2O2/c1-30-14-7-11(8-28-29-18(26,27)16(21,22)17(23,24)25)6-13(20)15(14)31-9-10-3-2-4-12(19)5-10/h2-8,29H,9H2,1H3/b28-8-. The maximum atomic E-state index is 13.2. The lowest BCUT2D eigenvalue weighted by atomic mass is 10.2. The minimum absolute atomic E-state index is 0.0309. The zero-order valence-electron chi connectivity index (χ0n) is 15.4. The number of rotatable bonds is 8. The van der Waals surface area contributed by atoms with Gasteiger partial charge in [0.25, 0.3) is 0 Å². The van der Waals surface area contributed by atoms with Gasteiger partial charge < -0.3 is 9.47 Å². The van der Waals surface area contributed by atoms with Crippen LogP contribution in [0.5, 0.6) is 11.5 Å². The highest BCUT2D eigenvalue weighted by Gasteiger charge is 2.73. The van der Waals surface area contributed by atoms with Crippen molar-refractivity contribution in [3.63, 3.8) is 0 Å². The highest BCUT2D eigenvalue weighted by molar-refractivity contribution is 6.32. The Balaban J connectivity index is 2.17. The maximum absolute atomic E-state index is 13.2. The van der Waals surface area contributed by atoms with Gasteiger partial charge >= 0.3 is 18.1 Å². The molecule has 0 aliphatic rings. The predicted octanol–water partition coefficient (Wildman–Crippen LogP) is 6.29. The largest absolute Gasteiger partial charge is 0.493 e. The smallest absolute Gasteiger partial charge is 0.462 e. The van der Waals surface area contributed by atoms with E-state index in [0.717, 1.165) is 6.07 Å². The molecule has 0 atom stereocenters. The Labute approximate surface area is 181 Å². The molecule has 0 aromatic heterocycles. The third-order valence-electron chi connectivity index (χ3n) is 3.69. The summed E-state index contributed by atoms with van der Waals surface area (Å²) < 4.78 is 99.1. The van der Waals surface area contributed by atoms with Gasteiger partial charge in [0.1, 0.15) is 6.61 Å². The SMILES string of the molecule is COc1cc(/C=N\NC(F)(F)C(F)(F)C(F)(F)F)cc(Cl)c1OCc1cccc(Cl)c1. The van der Waals surface area contributed by atoms with Crippen LogP contribution in [0.3, 0.4) is 0 Å². The molecule has 0 aliphatic heterocycles. The molecule has 0 bridgehead atoms. The van der Waals surface area contributed by atoms with Gasteiger partial charge in [0.15, 0.2) is 11.5 Å². The van der Waals surface area contributed by atoms with Gasteiger partial charge in [0.05, 0.1) is 18.3 Å². The molecule has 0 radical (unpaired) electrons. The Hall–Kier alpha value is -2.40. The molecule has 4 nitrogen and oxygen atoms in total. The number of nitrogens with one attached hydrogen (secondary N) is 1. The zero-order chi connectivity index (χ0) is 23.4. The lowest BCUT2D eigenvalue weighted by Gasteiger charge is -2.27. The van der Waals surface area contributed by atoms with Crippen LogP contribution in [0.2, 0.25) is 10.0 Å². The molecule has 2 aromatic carbocycles. The molecule has 0 saturated heterocycles. The van der Waals surface area contributed by atoms with E-state index < -0.39 is 18.1 Å². The summed E-state index contributed by atoms with van der Waals surface area (Å²) in [5, 5.41) is 3.19. The van der Waals surface area contributed by atoms with Crippen LogP contribution in [0, 0.1) is 0 Å². The fourth-order valence-corrected chi connectivity index (χ4v) is 2.66. The van der Waals surface area contributed by atoms with E-state index in [2.05, 4.69) is 5.10 Å². The Morgan fingerprint density at radius 1 is 1.03 bits per heavy atom. The van der Waals surface area contributed by atoms with Gasteiger partial charge in [-0.3, -0.25) is 0 Å². The van der Waals surface area contributed by atoms with E-state index in [1.165, 1.54) is 13.2 Å². The number of hydrogen-bond donors (Lipinski definition) is 1. The zero-order valence-corrected chi connectivity index (χ0v) is 16.9. The fraction of sp³-hybridized carbons (Fsp3) is 0.278. The molecule has 0 spiro atoms. The second-order valence-electron chi connectivity index (χ2n) is 5.97. The summed E-state index contributed by atoms with van der Waals surface area (Å²) in [6, 6.07) is 3.41. The third-order valence-corrected chi connectivity index (χ3v) is 4.21. The number of alkyl halides is 7. The van der Waals surface area contributed by atoms with Crippen LogP contribution in [-0.4, -0.2) is 31.5 Å². The van der Waals surface area contributed by atoms with Crippen molar-refractivity contribution < 1.29 is 40.2 Å². The van der Waals surface area contributed by atoms with Crippen molar-refractivity contribution in [3.8, 4) is 11.5 Å². The molecule has 0 aliphatic carbocycles. The van der Waals surface area contributed by atoms with Crippen molar-refractivity contribution >= 4 is 29.4 Å². The highest BCUT2D eigenvalue weighted by Crippen LogP contribution is 2.45. The summed E-state index contributed by atoms with van der Waals surface area (Å²) in [5.41, 5.74) is 1.17. The third kappa shape index (κ3) is 5.85. The van der Waals surface area contributed by atoms with Gasteiger partial charge in [-0.05, 0) is 35.4 Å². The van der Waals surface area contributed by atoms with E-state index in [9.17, 15) is 30.7 Å². The summed E-state index contributed by atoms with van der Waals surface area (Å²) >= 11 is 12.0. The molecule has 13 heteroatoms. The fourth-order valence-electron chi connectivity index (χ4n) is 2.17. The van der Waals surface area contributed by atoms with Crippen LogP contribution < -0.4 is 14.9 Å². The van der Waals surface area contributed by atoms with Gasteiger partial charge in [-0.2, -0.15) is 35.8 Å². The molecule has 0 amide bonds. The molecule has 0 unspecified atom stereocenters. The minimum atomic E-state index is -6.48.